The van der Waals surface area contributed by atoms with Gasteiger partial charge in [0.2, 0.25) is 0 Å². The molecule has 0 bridgehead atoms. The van der Waals surface area contributed by atoms with Gasteiger partial charge in [-0.15, -0.1) is 6.58 Å². The second-order valence-electron chi connectivity index (χ2n) is 3.98. The van der Waals surface area contributed by atoms with E-state index in [0.717, 1.165) is 0 Å². The topological polar surface area (TPSA) is 67.5 Å². The van der Waals surface area contributed by atoms with Crippen molar-refractivity contribution >= 4 is 16.8 Å². The summed E-state index contributed by atoms with van der Waals surface area (Å²) in [6.07, 6.45) is 2.06. The van der Waals surface area contributed by atoms with Crippen LogP contribution in [0.5, 0.6) is 5.75 Å². The van der Waals surface area contributed by atoms with Crippen molar-refractivity contribution in [2.75, 3.05) is 0 Å². The zero-order chi connectivity index (χ0) is 13.3. The summed E-state index contributed by atoms with van der Waals surface area (Å²) in [5.74, 6) is -0.498. The van der Waals surface area contributed by atoms with Crippen molar-refractivity contribution < 1.29 is 14.3 Å². The number of hydrogen-bond acceptors (Lipinski definition) is 4. The molecular formula is C14H12O4. The van der Waals surface area contributed by atoms with Crippen LogP contribution in [0.2, 0.25) is 0 Å². The summed E-state index contributed by atoms with van der Waals surface area (Å²) in [4.78, 5) is 22.8. The minimum Gasteiger partial charge on any atom is -0.507 e. The third-order valence-electron chi connectivity index (χ3n) is 2.68. The number of phenolic OH excluding ortho intramolecular Hbond substituents is 1. The monoisotopic (exact) mass is 244 g/mol. The average molecular weight is 244 g/mol. The predicted molar refractivity (Wildman–Crippen MR) is 68.1 cm³/mol. The predicted octanol–water partition coefficient (Wildman–Crippen LogP) is 2.43. The minimum atomic E-state index is -0.555. The Balaban J connectivity index is 2.92. The number of Topliss-reactive ketones (excluding diaryl/α,β-unsaturated/α-hetero) is 1. The van der Waals surface area contributed by atoms with Crippen molar-refractivity contribution in [1.29, 1.82) is 0 Å². The van der Waals surface area contributed by atoms with E-state index in [1.807, 2.05) is 0 Å². The zero-order valence-corrected chi connectivity index (χ0v) is 9.90. The van der Waals surface area contributed by atoms with E-state index >= 15 is 0 Å². The van der Waals surface area contributed by atoms with Crippen LogP contribution in [-0.2, 0) is 6.42 Å². The van der Waals surface area contributed by atoms with E-state index in [9.17, 15) is 14.7 Å². The van der Waals surface area contributed by atoms with Crippen molar-refractivity contribution in [1.82, 2.24) is 0 Å². The van der Waals surface area contributed by atoms with Gasteiger partial charge >= 0.3 is 5.63 Å². The molecule has 18 heavy (non-hydrogen) atoms. The Labute approximate surface area is 103 Å². The summed E-state index contributed by atoms with van der Waals surface area (Å²) in [6, 6.07) is 4.53. The van der Waals surface area contributed by atoms with Crippen molar-refractivity contribution in [3.8, 4) is 5.75 Å². The van der Waals surface area contributed by atoms with Gasteiger partial charge in [0.05, 0.1) is 0 Å². The van der Waals surface area contributed by atoms with Crippen LogP contribution in [0.4, 0.5) is 0 Å². The van der Waals surface area contributed by atoms with Crippen LogP contribution in [0.15, 0.2) is 40.1 Å². The molecule has 0 aliphatic rings. The third-order valence-corrected chi connectivity index (χ3v) is 2.68. The molecule has 0 radical (unpaired) electrons. The molecule has 0 aliphatic heterocycles. The second-order valence-corrected chi connectivity index (χ2v) is 3.98. The normalized spacial score (nSPS) is 10.5. The molecule has 0 unspecified atom stereocenters. The van der Waals surface area contributed by atoms with Gasteiger partial charge < -0.3 is 9.52 Å². The maximum Gasteiger partial charge on any atom is 0.336 e. The Morgan fingerprint density at radius 2 is 2.22 bits per heavy atom. The van der Waals surface area contributed by atoms with Gasteiger partial charge in [0.15, 0.2) is 11.4 Å². The lowest BCUT2D eigenvalue weighted by molar-refractivity contribution is 0.101. The van der Waals surface area contributed by atoms with Crippen LogP contribution in [-0.4, -0.2) is 10.9 Å². The lowest BCUT2D eigenvalue weighted by Gasteiger charge is -2.09. The van der Waals surface area contributed by atoms with Gasteiger partial charge in [-0.1, -0.05) is 6.08 Å². The number of phenols is 1. The summed E-state index contributed by atoms with van der Waals surface area (Å²) in [7, 11) is 0. The summed E-state index contributed by atoms with van der Waals surface area (Å²) >= 11 is 0. The first kappa shape index (κ1) is 12.1. The zero-order valence-electron chi connectivity index (χ0n) is 9.90. The smallest absolute Gasteiger partial charge is 0.336 e. The molecule has 0 aliphatic carbocycles. The SMILES string of the molecule is C=CCc1cc2ccc(=O)oc2c(C(C)=O)c1O. The summed E-state index contributed by atoms with van der Waals surface area (Å²) in [5, 5.41) is 10.7. The molecule has 2 rings (SSSR count). The molecule has 0 fully saturated rings. The number of fused-ring (bicyclic) bond motifs is 1. The average Bonchev–Trinajstić information content (AvgIpc) is 2.30. The summed E-state index contributed by atoms with van der Waals surface area (Å²) in [5.41, 5.74) is 0.194. The van der Waals surface area contributed by atoms with Gasteiger partial charge in [-0.3, -0.25) is 4.79 Å². The van der Waals surface area contributed by atoms with Gasteiger partial charge in [0, 0.05) is 11.5 Å². The number of aromatic hydroxyl groups is 1. The van der Waals surface area contributed by atoms with E-state index in [1.54, 1.807) is 18.2 Å². The molecule has 0 saturated heterocycles. The first-order chi connectivity index (χ1) is 8.54. The summed E-state index contributed by atoms with van der Waals surface area (Å²) in [6.45, 7) is 4.91. The fraction of sp³-hybridized carbons (Fsp3) is 0.143. The van der Waals surface area contributed by atoms with Crippen LogP contribution in [0, 0.1) is 0 Å². The minimum absolute atomic E-state index is 0.0436. The van der Waals surface area contributed by atoms with Crippen LogP contribution >= 0.6 is 0 Å². The lowest BCUT2D eigenvalue weighted by Crippen LogP contribution is -2.02. The highest BCUT2D eigenvalue weighted by Crippen LogP contribution is 2.31. The number of carbonyl (C=O) groups is 1. The number of rotatable bonds is 3. The Morgan fingerprint density at radius 3 is 2.83 bits per heavy atom. The Bertz CT molecular complexity index is 695. The number of carbonyl (C=O) groups excluding carboxylic acids is 1. The van der Waals surface area contributed by atoms with Crippen LogP contribution < -0.4 is 5.63 Å². The highest BCUT2D eigenvalue weighted by molar-refractivity contribution is 6.07. The van der Waals surface area contributed by atoms with Gasteiger partial charge in [-0.2, -0.15) is 0 Å². The maximum atomic E-state index is 11.6. The van der Waals surface area contributed by atoms with Gasteiger partial charge in [0.1, 0.15) is 11.3 Å². The number of hydrogen-bond donors (Lipinski definition) is 1. The van der Waals surface area contributed by atoms with E-state index in [4.69, 9.17) is 4.42 Å². The van der Waals surface area contributed by atoms with E-state index in [-0.39, 0.29) is 22.7 Å². The van der Waals surface area contributed by atoms with E-state index in [1.165, 1.54) is 13.0 Å². The number of ketones is 1. The Morgan fingerprint density at radius 1 is 1.50 bits per heavy atom. The molecule has 0 atom stereocenters. The Kier molecular flexibility index (Phi) is 3.02. The van der Waals surface area contributed by atoms with Gasteiger partial charge in [-0.25, -0.2) is 4.79 Å². The van der Waals surface area contributed by atoms with E-state index in [2.05, 4.69) is 6.58 Å². The van der Waals surface area contributed by atoms with Gasteiger partial charge in [-0.05, 0) is 31.0 Å². The quantitative estimate of drug-likeness (QED) is 0.511. The van der Waals surface area contributed by atoms with Gasteiger partial charge in [0.25, 0.3) is 0 Å². The number of allylic oxidation sites excluding steroid dienone is 1. The van der Waals surface area contributed by atoms with E-state index in [0.29, 0.717) is 17.4 Å². The molecule has 2 aromatic rings. The maximum absolute atomic E-state index is 11.6. The van der Waals surface area contributed by atoms with Crippen LogP contribution in [0.1, 0.15) is 22.8 Å². The molecule has 1 heterocycles. The molecule has 1 aromatic heterocycles. The fourth-order valence-electron chi connectivity index (χ4n) is 1.90. The highest BCUT2D eigenvalue weighted by atomic mass is 16.4. The van der Waals surface area contributed by atoms with E-state index < -0.39 is 5.63 Å². The number of benzene rings is 1. The molecule has 0 amide bonds. The molecule has 0 saturated carbocycles. The molecule has 92 valence electrons. The van der Waals surface area contributed by atoms with Crippen molar-refractivity contribution in [2.24, 2.45) is 0 Å². The fourth-order valence-corrected chi connectivity index (χ4v) is 1.90. The molecule has 1 aromatic carbocycles. The highest BCUT2D eigenvalue weighted by Gasteiger charge is 2.17. The molecule has 4 heteroatoms. The molecule has 1 N–H and O–H groups in total. The molecule has 4 nitrogen and oxygen atoms in total. The molecular weight excluding hydrogens is 232 g/mol. The first-order valence-electron chi connectivity index (χ1n) is 5.45. The summed E-state index contributed by atoms with van der Waals surface area (Å²) < 4.78 is 5.01. The third kappa shape index (κ3) is 1.93. The van der Waals surface area contributed by atoms with Crippen molar-refractivity contribution in [3.63, 3.8) is 0 Å². The van der Waals surface area contributed by atoms with Crippen molar-refractivity contribution in [2.45, 2.75) is 13.3 Å². The Hall–Kier alpha value is -2.36. The first-order valence-corrected chi connectivity index (χ1v) is 5.45. The van der Waals surface area contributed by atoms with Crippen LogP contribution in [0.25, 0.3) is 11.0 Å². The van der Waals surface area contributed by atoms with Crippen LogP contribution in [0.3, 0.4) is 0 Å². The lowest BCUT2D eigenvalue weighted by atomic mass is 10.00. The largest absolute Gasteiger partial charge is 0.507 e. The van der Waals surface area contributed by atoms with Crippen molar-refractivity contribution in [3.05, 3.63) is 52.4 Å². The standard InChI is InChI=1S/C14H12O4/c1-3-4-9-7-10-5-6-11(16)18-14(10)12(8(2)15)13(9)17/h3,5-7,17H,1,4H2,2H3. The molecule has 0 spiro atoms. The second kappa shape index (κ2) is 4.49.